The molecule has 10 heteroatoms. The third kappa shape index (κ3) is 11.2. The van der Waals surface area contributed by atoms with Gasteiger partial charge in [0.2, 0.25) is 11.8 Å². The Hall–Kier alpha value is -3.30. The smallest absolute Gasteiger partial charge is 0.408 e. The Morgan fingerprint density at radius 1 is 1.00 bits per heavy atom. The van der Waals surface area contributed by atoms with Crippen LogP contribution in [0.15, 0.2) is 24.3 Å². The van der Waals surface area contributed by atoms with E-state index in [1.807, 2.05) is 13.8 Å². The molecule has 4 N–H and O–H groups in total. The highest BCUT2D eigenvalue weighted by atomic mass is 16.6. The number of amides is 3. The van der Waals surface area contributed by atoms with Crippen LogP contribution in [0, 0.1) is 5.92 Å². The molecule has 0 heterocycles. The zero-order valence-electron chi connectivity index (χ0n) is 20.1. The number of methoxy groups -OCH3 is 1. The van der Waals surface area contributed by atoms with Crippen molar-refractivity contribution in [3.8, 4) is 5.75 Å². The molecule has 1 rings (SSSR count). The van der Waals surface area contributed by atoms with Crippen LogP contribution in [-0.4, -0.2) is 60.3 Å². The molecule has 0 aliphatic heterocycles. The van der Waals surface area contributed by atoms with Crippen LogP contribution in [0.3, 0.4) is 0 Å². The maximum atomic E-state index is 12.9. The van der Waals surface area contributed by atoms with Gasteiger partial charge in [0.1, 0.15) is 30.0 Å². The monoisotopic (exact) mass is 465 g/mol. The topological polar surface area (TPSA) is 143 Å². The first kappa shape index (κ1) is 27.7. The molecule has 1 aromatic rings. The Morgan fingerprint density at radius 2 is 1.61 bits per heavy atom. The highest BCUT2D eigenvalue weighted by Gasteiger charge is 2.28. The average Bonchev–Trinajstić information content (AvgIpc) is 2.70. The van der Waals surface area contributed by atoms with E-state index in [2.05, 4.69) is 16.0 Å². The lowest BCUT2D eigenvalue weighted by molar-refractivity contribution is -0.145. The van der Waals surface area contributed by atoms with Crippen molar-refractivity contribution < 1.29 is 33.8 Å². The molecule has 0 saturated heterocycles. The Morgan fingerprint density at radius 3 is 2.12 bits per heavy atom. The fourth-order valence-corrected chi connectivity index (χ4v) is 2.89. The highest BCUT2D eigenvalue weighted by Crippen LogP contribution is 2.13. The lowest BCUT2D eigenvalue weighted by atomic mass is 10.0. The Labute approximate surface area is 194 Å². The van der Waals surface area contributed by atoms with Crippen LogP contribution in [0.2, 0.25) is 0 Å². The van der Waals surface area contributed by atoms with E-state index in [9.17, 15) is 24.3 Å². The Balaban J connectivity index is 2.81. The number of carbonyl (C=O) groups is 4. The molecule has 0 radical (unpaired) electrons. The average molecular weight is 466 g/mol. The summed E-state index contributed by atoms with van der Waals surface area (Å²) < 4.78 is 9.89. The van der Waals surface area contributed by atoms with Gasteiger partial charge in [-0.05, 0) is 50.8 Å². The van der Waals surface area contributed by atoms with E-state index in [0.29, 0.717) is 12.0 Å². The van der Waals surface area contributed by atoms with Crippen LogP contribution in [0.25, 0.3) is 0 Å². The molecule has 0 saturated carbocycles. The van der Waals surface area contributed by atoms with Crippen LogP contribution >= 0.6 is 0 Å². The van der Waals surface area contributed by atoms with Gasteiger partial charge in [0.15, 0.2) is 0 Å². The molecule has 3 amide bonds. The summed E-state index contributed by atoms with van der Waals surface area (Å²) in [5, 5.41) is 17.0. The normalized spacial score (nSPS) is 12.9. The molecule has 33 heavy (non-hydrogen) atoms. The van der Waals surface area contributed by atoms with E-state index in [0.717, 1.165) is 0 Å². The minimum Gasteiger partial charge on any atom is -0.508 e. The second kappa shape index (κ2) is 12.7. The minimum absolute atomic E-state index is 0.0635. The summed E-state index contributed by atoms with van der Waals surface area (Å²) in [6.45, 7) is 8.51. The maximum Gasteiger partial charge on any atom is 0.408 e. The fourth-order valence-electron chi connectivity index (χ4n) is 2.89. The first-order valence-electron chi connectivity index (χ1n) is 10.7. The molecule has 0 aliphatic rings. The van der Waals surface area contributed by atoms with E-state index >= 15 is 0 Å². The van der Waals surface area contributed by atoms with Gasteiger partial charge in [-0.25, -0.2) is 9.59 Å². The quantitative estimate of drug-likeness (QED) is 0.385. The van der Waals surface area contributed by atoms with Crippen molar-refractivity contribution in [3.63, 3.8) is 0 Å². The van der Waals surface area contributed by atoms with Gasteiger partial charge >= 0.3 is 12.1 Å². The Bertz CT molecular complexity index is 816. The number of alkyl carbamates (subject to hydrolysis) is 1. The van der Waals surface area contributed by atoms with Crippen LogP contribution in [-0.2, 0) is 30.3 Å². The van der Waals surface area contributed by atoms with Crippen molar-refractivity contribution in [2.45, 2.75) is 65.1 Å². The lowest BCUT2D eigenvalue weighted by Crippen LogP contribution is -2.54. The van der Waals surface area contributed by atoms with Crippen molar-refractivity contribution in [1.29, 1.82) is 0 Å². The number of carbonyl (C=O) groups excluding carboxylic acids is 4. The molecule has 10 nitrogen and oxygen atoms in total. The number of aromatic hydroxyl groups is 1. The number of ether oxygens (including phenoxy) is 2. The van der Waals surface area contributed by atoms with Gasteiger partial charge in [0.25, 0.3) is 0 Å². The van der Waals surface area contributed by atoms with E-state index in [1.54, 1.807) is 32.9 Å². The fraction of sp³-hybridized carbons (Fsp3) is 0.565. The van der Waals surface area contributed by atoms with Crippen LogP contribution in [0.5, 0.6) is 5.75 Å². The summed E-state index contributed by atoms with van der Waals surface area (Å²) in [7, 11) is 1.22. The summed E-state index contributed by atoms with van der Waals surface area (Å²) in [5.41, 5.74) is -0.00407. The summed E-state index contributed by atoms with van der Waals surface area (Å²) in [5.74, 6) is -1.62. The molecule has 0 spiro atoms. The predicted octanol–water partition coefficient (Wildman–Crippen LogP) is 1.65. The number of phenols is 1. The van der Waals surface area contributed by atoms with Gasteiger partial charge in [-0.3, -0.25) is 9.59 Å². The van der Waals surface area contributed by atoms with Gasteiger partial charge in [-0.1, -0.05) is 26.0 Å². The number of hydrogen-bond donors (Lipinski definition) is 4. The first-order chi connectivity index (χ1) is 15.3. The first-order valence-corrected chi connectivity index (χ1v) is 10.7. The molecule has 0 unspecified atom stereocenters. The van der Waals surface area contributed by atoms with E-state index < -0.39 is 41.6 Å². The third-order valence-corrected chi connectivity index (χ3v) is 4.33. The van der Waals surface area contributed by atoms with Crippen molar-refractivity contribution in [3.05, 3.63) is 29.8 Å². The van der Waals surface area contributed by atoms with Gasteiger partial charge in [0, 0.05) is 6.42 Å². The summed E-state index contributed by atoms with van der Waals surface area (Å²) >= 11 is 0. The predicted molar refractivity (Wildman–Crippen MR) is 121 cm³/mol. The number of nitrogens with one attached hydrogen (secondary N) is 3. The number of hydrogen-bond acceptors (Lipinski definition) is 7. The molecular formula is C23H35N3O7. The number of benzene rings is 1. The van der Waals surface area contributed by atoms with Gasteiger partial charge < -0.3 is 30.5 Å². The molecule has 1 aromatic carbocycles. The van der Waals surface area contributed by atoms with Crippen molar-refractivity contribution in [2.75, 3.05) is 13.7 Å². The molecule has 184 valence electrons. The number of phenolic OH excluding ortho intramolecular Hbond substituents is 1. The van der Waals surface area contributed by atoms with Gasteiger partial charge in [-0.15, -0.1) is 0 Å². The zero-order valence-corrected chi connectivity index (χ0v) is 20.1. The van der Waals surface area contributed by atoms with Gasteiger partial charge in [-0.2, -0.15) is 0 Å². The maximum absolute atomic E-state index is 12.9. The lowest BCUT2D eigenvalue weighted by Gasteiger charge is -2.24. The van der Waals surface area contributed by atoms with Crippen LogP contribution in [0.4, 0.5) is 4.79 Å². The van der Waals surface area contributed by atoms with E-state index in [-0.39, 0.29) is 24.6 Å². The summed E-state index contributed by atoms with van der Waals surface area (Å²) in [6.07, 6.45) is -0.291. The van der Waals surface area contributed by atoms with E-state index in [4.69, 9.17) is 9.47 Å². The SMILES string of the molecule is COC(=O)[C@H](Cc1ccc(O)cc1)NC(=O)[C@H](CC(C)C)NC(=O)CNC(=O)OC(C)(C)C. The highest BCUT2D eigenvalue weighted by molar-refractivity contribution is 5.91. The minimum atomic E-state index is -0.988. The molecule has 0 aromatic heterocycles. The molecule has 0 fully saturated rings. The summed E-state index contributed by atoms with van der Waals surface area (Å²) in [4.78, 5) is 49.3. The van der Waals surface area contributed by atoms with Gasteiger partial charge in [0.05, 0.1) is 7.11 Å². The van der Waals surface area contributed by atoms with E-state index in [1.165, 1.54) is 19.2 Å². The van der Waals surface area contributed by atoms with Crippen molar-refractivity contribution >= 4 is 23.9 Å². The summed E-state index contributed by atoms with van der Waals surface area (Å²) in [6, 6.07) is 4.30. The molecule has 0 aliphatic carbocycles. The van der Waals surface area contributed by atoms with Crippen molar-refractivity contribution in [1.82, 2.24) is 16.0 Å². The second-order valence-corrected chi connectivity index (χ2v) is 9.06. The van der Waals surface area contributed by atoms with Crippen LogP contribution in [0.1, 0.15) is 46.6 Å². The second-order valence-electron chi connectivity index (χ2n) is 9.06. The van der Waals surface area contributed by atoms with Crippen LogP contribution < -0.4 is 16.0 Å². The third-order valence-electron chi connectivity index (χ3n) is 4.33. The number of rotatable bonds is 10. The molecular weight excluding hydrogens is 430 g/mol. The largest absolute Gasteiger partial charge is 0.508 e. The van der Waals surface area contributed by atoms with Crippen molar-refractivity contribution in [2.24, 2.45) is 5.92 Å². The standard InChI is InChI=1S/C23H35N3O7/c1-14(2)11-17(25-19(28)13-24-22(31)33-23(3,4)5)20(29)26-18(21(30)32-6)12-15-7-9-16(27)10-8-15/h7-10,14,17-18,27H,11-13H2,1-6H3,(H,24,31)(H,25,28)(H,26,29)/t17-,18-/m0/s1. The Kier molecular flexibility index (Phi) is 10.6. The zero-order chi connectivity index (χ0) is 25.2. The number of esters is 1. The molecule has 0 bridgehead atoms. The molecule has 2 atom stereocenters.